The quantitative estimate of drug-likeness (QED) is 0.907. The van der Waals surface area contributed by atoms with Crippen LogP contribution in [-0.2, 0) is 6.61 Å². The Labute approximate surface area is 147 Å². The summed E-state index contributed by atoms with van der Waals surface area (Å²) in [5, 5.41) is 3.31. The van der Waals surface area contributed by atoms with Crippen LogP contribution in [0.4, 0.5) is 4.39 Å². The number of nitrogens with one attached hydrogen (secondary N) is 1. The molecule has 1 fully saturated rings. The standard InChI is InChI=1S/C20H23FN2O2/c1-23(18-8-10-22-11-9-18)20(24)16-5-2-4-15(12-16)14-25-19-7-3-6-17(21)13-19/h2-7,12-13,18,22H,8-11,14H2,1H3. The van der Waals surface area contributed by atoms with Gasteiger partial charge in [0.05, 0.1) is 0 Å². The van der Waals surface area contributed by atoms with Crippen molar-refractivity contribution in [3.63, 3.8) is 0 Å². The van der Waals surface area contributed by atoms with Crippen LogP contribution in [0.5, 0.6) is 5.75 Å². The lowest BCUT2D eigenvalue weighted by atomic mass is 10.0. The van der Waals surface area contributed by atoms with Gasteiger partial charge in [0.2, 0.25) is 0 Å². The van der Waals surface area contributed by atoms with Crippen molar-refractivity contribution in [2.75, 3.05) is 20.1 Å². The average molecular weight is 342 g/mol. The Bertz CT molecular complexity index is 729. The molecule has 25 heavy (non-hydrogen) atoms. The summed E-state index contributed by atoms with van der Waals surface area (Å²) in [6.45, 7) is 2.19. The van der Waals surface area contributed by atoms with Gasteiger partial charge in [-0.25, -0.2) is 4.39 Å². The Morgan fingerprint density at radius 2 is 1.96 bits per heavy atom. The van der Waals surface area contributed by atoms with Crippen molar-refractivity contribution in [2.24, 2.45) is 0 Å². The molecule has 2 aromatic carbocycles. The second-order valence-electron chi connectivity index (χ2n) is 6.34. The smallest absolute Gasteiger partial charge is 0.253 e. The van der Waals surface area contributed by atoms with Gasteiger partial charge in [-0.15, -0.1) is 0 Å². The summed E-state index contributed by atoms with van der Waals surface area (Å²) < 4.78 is 18.8. The molecule has 0 spiro atoms. The molecule has 4 nitrogen and oxygen atoms in total. The highest BCUT2D eigenvalue weighted by Crippen LogP contribution is 2.17. The van der Waals surface area contributed by atoms with Gasteiger partial charge >= 0.3 is 0 Å². The molecule has 0 atom stereocenters. The van der Waals surface area contributed by atoms with Crippen LogP contribution in [0.1, 0.15) is 28.8 Å². The Kier molecular flexibility index (Phi) is 5.66. The number of hydrogen-bond donors (Lipinski definition) is 1. The first-order valence-electron chi connectivity index (χ1n) is 8.58. The molecule has 1 aliphatic heterocycles. The SMILES string of the molecule is CN(C(=O)c1cccc(COc2cccc(F)c2)c1)C1CCNCC1. The first-order valence-corrected chi connectivity index (χ1v) is 8.58. The molecular weight excluding hydrogens is 319 g/mol. The summed E-state index contributed by atoms with van der Waals surface area (Å²) in [7, 11) is 1.87. The van der Waals surface area contributed by atoms with Gasteiger partial charge in [-0.2, -0.15) is 0 Å². The molecule has 3 rings (SSSR count). The van der Waals surface area contributed by atoms with E-state index in [1.165, 1.54) is 12.1 Å². The molecular formula is C20H23FN2O2. The third kappa shape index (κ3) is 4.57. The van der Waals surface area contributed by atoms with Crippen molar-refractivity contribution in [3.05, 3.63) is 65.5 Å². The minimum absolute atomic E-state index is 0.0273. The highest BCUT2D eigenvalue weighted by atomic mass is 19.1. The number of carbonyl (C=O) groups excluding carboxylic acids is 1. The van der Waals surface area contributed by atoms with Gasteiger partial charge in [-0.1, -0.05) is 18.2 Å². The monoisotopic (exact) mass is 342 g/mol. The maximum absolute atomic E-state index is 13.2. The highest BCUT2D eigenvalue weighted by molar-refractivity contribution is 5.94. The summed E-state index contributed by atoms with van der Waals surface area (Å²) in [6, 6.07) is 13.8. The van der Waals surface area contributed by atoms with Crippen LogP contribution in [-0.4, -0.2) is 37.0 Å². The van der Waals surface area contributed by atoms with Crippen molar-refractivity contribution in [3.8, 4) is 5.75 Å². The molecule has 2 aromatic rings. The number of carbonyl (C=O) groups is 1. The average Bonchev–Trinajstić information content (AvgIpc) is 2.66. The van der Waals surface area contributed by atoms with Crippen molar-refractivity contribution < 1.29 is 13.9 Å². The second kappa shape index (κ2) is 8.12. The van der Waals surface area contributed by atoms with E-state index in [-0.39, 0.29) is 17.8 Å². The molecule has 1 saturated heterocycles. The van der Waals surface area contributed by atoms with Gasteiger partial charge in [0.15, 0.2) is 0 Å². The van der Waals surface area contributed by atoms with E-state index in [0.29, 0.717) is 17.9 Å². The number of benzene rings is 2. The number of halogens is 1. The van der Waals surface area contributed by atoms with Gasteiger partial charge in [0.25, 0.3) is 5.91 Å². The van der Waals surface area contributed by atoms with E-state index in [9.17, 15) is 9.18 Å². The molecule has 1 amide bonds. The third-order valence-corrected chi connectivity index (χ3v) is 4.55. The van der Waals surface area contributed by atoms with E-state index >= 15 is 0 Å². The zero-order valence-electron chi connectivity index (χ0n) is 14.4. The number of rotatable bonds is 5. The van der Waals surface area contributed by atoms with Crippen LogP contribution in [0, 0.1) is 5.82 Å². The predicted octanol–water partition coefficient (Wildman–Crippen LogP) is 3.23. The Morgan fingerprint density at radius 3 is 2.72 bits per heavy atom. The van der Waals surface area contributed by atoms with Crippen LogP contribution < -0.4 is 10.1 Å². The molecule has 0 aliphatic carbocycles. The molecule has 0 unspecified atom stereocenters. The first kappa shape index (κ1) is 17.4. The summed E-state index contributed by atoms with van der Waals surface area (Å²) >= 11 is 0. The van der Waals surface area contributed by atoms with Crippen LogP contribution in [0.15, 0.2) is 48.5 Å². The zero-order valence-corrected chi connectivity index (χ0v) is 14.4. The highest BCUT2D eigenvalue weighted by Gasteiger charge is 2.22. The van der Waals surface area contributed by atoms with E-state index in [0.717, 1.165) is 31.5 Å². The van der Waals surface area contributed by atoms with Gasteiger partial charge in [-0.3, -0.25) is 4.79 Å². The number of hydrogen-bond acceptors (Lipinski definition) is 3. The lowest BCUT2D eigenvalue weighted by Crippen LogP contribution is -2.43. The molecule has 132 valence electrons. The van der Waals surface area contributed by atoms with E-state index < -0.39 is 0 Å². The zero-order chi connectivity index (χ0) is 17.6. The molecule has 0 saturated carbocycles. The van der Waals surface area contributed by atoms with E-state index in [1.807, 2.05) is 36.2 Å². The Hall–Kier alpha value is -2.40. The lowest BCUT2D eigenvalue weighted by Gasteiger charge is -2.31. The molecule has 5 heteroatoms. The van der Waals surface area contributed by atoms with E-state index in [1.54, 1.807) is 12.1 Å². The normalized spacial score (nSPS) is 15.0. The fourth-order valence-electron chi connectivity index (χ4n) is 3.08. The van der Waals surface area contributed by atoms with E-state index in [2.05, 4.69) is 5.32 Å². The van der Waals surface area contributed by atoms with Gasteiger partial charge in [-0.05, 0) is 55.8 Å². The van der Waals surface area contributed by atoms with Crippen LogP contribution in [0.25, 0.3) is 0 Å². The number of nitrogens with zero attached hydrogens (tertiary/aromatic N) is 1. The van der Waals surface area contributed by atoms with Crippen LogP contribution in [0.3, 0.4) is 0 Å². The van der Waals surface area contributed by atoms with Crippen LogP contribution >= 0.6 is 0 Å². The predicted molar refractivity (Wildman–Crippen MR) is 95.2 cm³/mol. The lowest BCUT2D eigenvalue weighted by molar-refractivity contribution is 0.0703. The molecule has 1 aliphatic rings. The summed E-state index contributed by atoms with van der Waals surface area (Å²) in [6.07, 6.45) is 1.95. The van der Waals surface area contributed by atoms with Crippen molar-refractivity contribution in [1.29, 1.82) is 0 Å². The Morgan fingerprint density at radius 1 is 1.20 bits per heavy atom. The second-order valence-corrected chi connectivity index (χ2v) is 6.34. The summed E-state index contributed by atoms with van der Waals surface area (Å²) in [5.41, 5.74) is 1.54. The molecule has 0 aromatic heterocycles. The minimum Gasteiger partial charge on any atom is -0.489 e. The Balaban J connectivity index is 1.65. The molecule has 1 N–H and O–H groups in total. The van der Waals surface area contributed by atoms with Crippen LogP contribution in [0.2, 0.25) is 0 Å². The number of piperidine rings is 1. The number of amides is 1. The largest absolute Gasteiger partial charge is 0.489 e. The van der Waals surface area contributed by atoms with Crippen molar-refractivity contribution in [2.45, 2.75) is 25.5 Å². The molecule has 0 radical (unpaired) electrons. The van der Waals surface area contributed by atoms with Gasteiger partial charge in [0.1, 0.15) is 18.2 Å². The van der Waals surface area contributed by atoms with Crippen molar-refractivity contribution >= 4 is 5.91 Å². The molecule has 1 heterocycles. The number of ether oxygens (including phenoxy) is 1. The summed E-state index contributed by atoms with van der Waals surface area (Å²) in [5.74, 6) is 0.174. The van der Waals surface area contributed by atoms with Gasteiger partial charge < -0.3 is 15.0 Å². The maximum atomic E-state index is 13.2. The molecule has 0 bridgehead atoms. The first-order chi connectivity index (χ1) is 12.1. The van der Waals surface area contributed by atoms with E-state index in [4.69, 9.17) is 4.74 Å². The third-order valence-electron chi connectivity index (χ3n) is 4.55. The maximum Gasteiger partial charge on any atom is 0.253 e. The fraction of sp³-hybridized carbons (Fsp3) is 0.350. The van der Waals surface area contributed by atoms with Gasteiger partial charge in [0, 0.05) is 24.7 Å². The van der Waals surface area contributed by atoms with Crippen molar-refractivity contribution in [1.82, 2.24) is 10.2 Å². The minimum atomic E-state index is -0.329. The fourth-order valence-corrected chi connectivity index (χ4v) is 3.08. The topological polar surface area (TPSA) is 41.6 Å². The summed E-state index contributed by atoms with van der Waals surface area (Å²) in [4.78, 5) is 14.6.